The third kappa shape index (κ3) is 3.29. The van der Waals surface area contributed by atoms with Gasteiger partial charge in [0.15, 0.2) is 4.32 Å². The topological polar surface area (TPSA) is 82.5 Å². The van der Waals surface area contributed by atoms with Gasteiger partial charge in [-0.25, -0.2) is 0 Å². The highest BCUT2D eigenvalue weighted by Gasteiger charge is 2.33. The van der Waals surface area contributed by atoms with Crippen molar-refractivity contribution in [1.29, 1.82) is 0 Å². The lowest BCUT2D eigenvalue weighted by Crippen LogP contribution is -2.44. The molecule has 1 aromatic carbocycles. The molecule has 6 nitrogen and oxygen atoms in total. The molecule has 2 aromatic rings. The summed E-state index contributed by atoms with van der Waals surface area (Å²) in [4.78, 5) is 28.7. The largest absolute Gasteiger partial charge is 0.507 e. The first-order valence-electron chi connectivity index (χ1n) is 6.83. The predicted molar refractivity (Wildman–Crippen MR) is 94.8 cm³/mol. The molecule has 0 radical (unpaired) electrons. The Balaban J connectivity index is 1.80. The number of hydrogen-bond acceptors (Lipinski definition) is 6. The summed E-state index contributed by atoms with van der Waals surface area (Å²) in [5, 5.41) is 10.8. The smallest absolute Gasteiger partial charge is 0.285 e. The van der Waals surface area contributed by atoms with Gasteiger partial charge in [0.05, 0.1) is 4.91 Å². The van der Waals surface area contributed by atoms with Gasteiger partial charge in [-0.1, -0.05) is 30.0 Å². The van der Waals surface area contributed by atoms with Crippen LogP contribution in [0.3, 0.4) is 0 Å². The summed E-state index contributed by atoms with van der Waals surface area (Å²) in [7, 11) is 0. The molecule has 3 rings (SSSR count). The van der Waals surface area contributed by atoms with Gasteiger partial charge in [0.1, 0.15) is 5.75 Å². The second kappa shape index (κ2) is 6.81. The first kappa shape index (κ1) is 16.2. The average molecular weight is 357 g/mol. The van der Waals surface area contributed by atoms with E-state index in [9.17, 15) is 14.7 Å². The standard InChI is InChI=1S/C16H11N3O3S2/c20-12-4-2-1-3-11(12)9-13-15(22)19(16(23)24-13)18-14(21)10-5-7-17-8-6-10/h1-9,20H,(H,18,21). The lowest BCUT2D eigenvalue weighted by molar-refractivity contribution is -0.123. The number of hydrogen-bond donors (Lipinski definition) is 2. The van der Waals surface area contributed by atoms with Crippen LogP contribution in [-0.4, -0.2) is 31.2 Å². The van der Waals surface area contributed by atoms with Gasteiger partial charge < -0.3 is 5.11 Å². The fraction of sp³-hybridized carbons (Fsp3) is 0. The molecular formula is C16H11N3O3S2. The summed E-state index contributed by atoms with van der Waals surface area (Å²) in [5.41, 5.74) is 3.34. The van der Waals surface area contributed by atoms with E-state index >= 15 is 0 Å². The van der Waals surface area contributed by atoms with E-state index in [2.05, 4.69) is 10.4 Å². The lowest BCUT2D eigenvalue weighted by atomic mass is 10.2. The molecule has 2 heterocycles. The fourth-order valence-electron chi connectivity index (χ4n) is 1.98. The number of nitrogens with zero attached hydrogens (tertiary/aromatic N) is 2. The average Bonchev–Trinajstić information content (AvgIpc) is 2.85. The number of phenols is 1. The Morgan fingerprint density at radius 3 is 2.67 bits per heavy atom. The Morgan fingerprint density at radius 2 is 1.96 bits per heavy atom. The maximum Gasteiger partial charge on any atom is 0.285 e. The molecule has 2 amide bonds. The number of nitrogens with one attached hydrogen (secondary N) is 1. The first-order chi connectivity index (χ1) is 11.6. The van der Waals surface area contributed by atoms with E-state index in [1.807, 2.05) is 0 Å². The van der Waals surface area contributed by atoms with Crippen LogP contribution in [0.4, 0.5) is 0 Å². The van der Waals surface area contributed by atoms with Crippen molar-refractivity contribution in [2.75, 3.05) is 0 Å². The van der Waals surface area contributed by atoms with E-state index in [1.165, 1.54) is 36.7 Å². The Kier molecular flexibility index (Phi) is 4.59. The second-order valence-corrected chi connectivity index (χ2v) is 6.43. The van der Waals surface area contributed by atoms with E-state index in [4.69, 9.17) is 12.2 Å². The van der Waals surface area contributed by atoms with Gasteiger partial charge in [0, 0.05) is 23.5 Å². The van der Waals surface area contributed by atoms with Crippen molar-refractivity contribution in [2.45, 2.75) is 0 Å². The number of thioether (sulfide) groups is 1. The summed E-state index contributed by atoms with van der Waals surface area (Å²) in [6, 6.07) is 9.70. The number of carbonyl (C=O) groups excluding carboxylic acids is 2. The summed E-state index contributed by atoms with van der Waals surface area (Å²) in [5.74, 6) is -0.850. The number of thiocarbonyl (C=S) groups is 1. The monoisotopic (exact) mass is 357 g/mol. The quantitative estimate of drug-likeness (QED) is 0.648. The molecule has 1 fully saturated rings. The van der Waals surface area contributed by atoms with Gasteiger partial charge in [-0.05, 0) is 36.5 Å². The highest BCUT2D eigenvalue weighted by Crippen LogP contribution is 2.33. The van der Waals surface area contributed by atoms with Crippen LogP contribution in [0.15, 0.2) is 53.7 Å². The van der Waals surface area contributed by atoms with E-state index < -0.39 is 11.8 Å². The number of hydrazine groups is 1. The third-order valence-corrected chi connectivity index (χ3v) is 4.48. The van der Waals surface area contributed by atoms with Crippen molar-refractivity contribution in [2.24, 2.45) is 0 Å². The molecule has 24 heavy (non-hydrogen) atoms. The zero-order valence-electron chi connectivity index (χ0n) is 12.2. The number of aromatic hydroxyl groups is 1. The third-order valence-electron chi connectivity index (χ3n) is 3.17. The minimum atomic E-state index is -0.461. The Bertz CT molecular complexity index is 853. The van der Waals surface area contributed by atoms with Gasteiger partial charge >= 0.3 is 0 Å². The molecule has 1 saturated heterocycles. The van der Waals surface area contributed by atoms with Crippen molar-refractivity contribution in [1.82, 2.24) is 15.4 Å². The van der Waals surface area contributed by atoms with E-state index in [0.29, 0.717) is 16.0 Å². The number of amides is 2. The van der Waals surface area contributed by atoms with Crippen molar-refractivity contribution >= 4 is 46.2 Å². The van der Waals surface area contributed by atoms with Crippen LogP contribution in [0.1, 0.15) is 15.9 Å². The summed E-state index contributed by atoms with van der Waals surface area (Å²) >= 11 is 6.20. The molecule has 0 unspecified atom stereocenters. The molecule has 0 aliphatic carbocycles. The number of pyridine rings is 1. The predicted octanol–water partition coefficient (Wildman–Crippen LogP) is 2.33. The summed E-state index contributed by atoms with van der Waals surface area (Å²) in [6.45, 7) is 0. The van der Waals surface area contributed by atoms with Crippen molar-refractivity contribution in [3.63, 3.8) is 0 Å². The number of phenolic OH excluding ortho intramolecular Hbond substituents is 1. The fourth-order valence-corrected chi connectivity index (χ4v) is 3.15. The Labute approximate surface area is 147 Å². The molecule has 8 heteroatoms. The van der Waals surface area contributed by atoms with E-state index in [-0.39, 0.29) is 10.1 Å². The highest BCUT2D eigenvalue weighted by molar-refractivity contribution is 8.26. The molecule has 0 saturated carbocycles. The number of carbonyl (C=O) groups is 2. The van der Waals surface area contributed by atoms with Crippen molar-refractivity contribution in [3.8, 4) is 5.75 Å². The number of para-hydroxylation sites is 1. The molecular weight excluding hydrogens is 346 g/mol. The van der Waals surface area contributed by atoms with Crippen LogP contribution < -0.4 is 5.43 Å². The summed E-state index contributed by atoms with van der Waals surface area (Å²) < 4.78 is 0.212. The number of rotatable bonds is 3. The van der Waals surface area contributed by atoms with Gasteiger partial charge in [-0.3, -0.25) is 20.0 Å². The van der Waals surface area contributed by atoms with Crippen molar-refractivity contribution < 1.29 is 14.7 Å². The van der Waals surface area contributed by atoms with Crippen LogP contribution in [0.25, 0.3) is 6.08 Å². The van der Waals surface area contributed by atoms with Crippen molar-refractivity contribution in [3.05, 3.63) is 64.8 Å². The summed E-state index contributed by atoms with van der Waals surface area (Å²) in [6.07, 6.45) is 4.50. The minimum absolute atomic E-state index is 0.0589. The van der Waals surface area contributed by atoms with Gasteiger partial charge in [-0.2, -0.15) is 5.01 Å². The lowest BCUT2D eigenvalue weighted by Gasteiger charge is -2.15. The van der Waals surface area contributed by atoms with Crippen LogP contribution in [-0.2, 0) is 4.79 Å². The van der Waals surface area contributed by atoms with Crippen LogP contribution in [0.5, 0.6) is 5.75 Å². The maximum atomic E-state index is 12.4. The molecule has 0 atom stereocenters. The molecule has 1 aromatic heterocycles. The van der Waals surface area contributed by atoms with Gasteiger partial charge in [0.25, 0.3) is 11.8 Å². The Hall–Kier alpha value is -2.71. The highest BCUT2D eigenvalue weighted by atomic mass is 32.2. The zero-order valence-corrected chi connectivity index (χ0v) is 13.8. The zero-order chi connectivity index (χ0) is 17.1. The molecule has 0 bridgehead atoms. The molecule has 1 aliphatic heterocycles. The van der Waals surface area contributed by atoms with Gasteiger partial charge in [-0.15, -0.1) is 0 Å². The van der Waals surface area contributed by atoms with E-state index in [1.54, 1.807) is 18.2 Å². The molecule has 0 spiro atoms. The number of benzene rings is 1. The van der Waals surface area contributed by atoms with Crippen LogP contribution in [0.2, 0.25) is 0 Å². The Morgan fingerprint density at radius 1 is 1.25 bits per heavy atom. The van der Waals surface area contributed by atoms with Crippen LogP contribution >= 0.6 is 24.0 Å². The van der Waals surface area contributed by atoms with Crippen LogP contribution in [0, 0.1) is 0 Å². The number of aromatic nitrogens is 1. The normalized spacial score (nSPS) is 15.8. The second-order valence-electron chi connectivity index (χ2n) is 4.75. The maximum absolute atomic E-state index is 12.4. The van der Waals surface area contributed by atoms with E-state index in [0.717, 1.165) is 16.8 Å². The molecule has 120 valence electrons. The van der Waals surface area contributed by atoms with Gasteiger partial charge in [0.2, 0.25) is 0 Å². The first-order valence-corrected chi connectivity index (χ1v) is 8.05. The minimum Gasteiger partial charge on any atom is -0.507 e. The SMILES string of the molecule is O=C(NN1C(=O)C(=Cc2ccccc2O)SC1=S)c1ccncc1. The molecule has 1 aliphatic rings. The molecule has 2 N–H and O–H groups in total.